The fraction of sp³-hybridized carbons (Fsp3) is 0.938. The van der Waals surface area contributed by atoms with E-state index < -0.39 is 18.2 Å². The van der Waals surface area contributed by atoms with Gasteiger partial charge in [-0.2, -0.15) is 0 Å². The number of ether oxygens (including phenoxy) is 1. The maximum atomic E-state index is 13.0. The highest BCUT2D eigenvalue weighted by atomic mass is 16.6. The third kappa shape index (κ3) is 23.6. The first-order valence-corrected chi connectivity index (χ1v) is 16.2. The fourth-order valence-corrected chi connectivity index (χ4v) is 4.88. The van der Waals surface area contributed by atoms with Crippen molar-refractivity contribution in [3.05, 3.63) is 0 Å². The van der Waals surface area contributed by atoms with Gasteiger partial charge in [0, 0.05) is 13.1 Å². The molecule has 0 aromatic heterocycles. The summed E-state index contributed by atoms with van der Waals surface area (Å²) in [6, 6.07) is 0. The van der Waals surface area contributed by atoms with E-state index in [4.69, 9.17) is 4.74 Å². The summed E-state index contributed by atoms with van der Waals surface area (Å²) in [7, 11) is 0. The molecule has 1 amide bonds. The van der Waals surface area contributed by atoms with Gasteiger partial charge in [0.05, 0.1) is 0 Å². The van der Waals surface area contributed by atoms with Crippen LogP contribution in [-0.2, 0) is 9.53 Å². The Balaban J connectivity index is 4.50. The molecule has 0 aliphatic carbocycles. The van der Waals surface area contributed by atoms with E-state index in [9.17, 15) is 14.7 Å². The molecule has 5 nitrogen and oxygen atoms in total. The van der Waals surface area contributed by atoms with E-state index in [1.54, 1.807) is 4.90 Å². The summed E-state index contributed by atoms with van der Waals surface area (Å²) < 4.78 is 5.55. The number of carboxylic acids is 1. The van der Waals surface area contributed by atoms with Crippen LogP contribution in [0.1, 0.15) is 175 Å². The van der Waals surface area contributed by atoms with Gasteiger partial charge in [-0.05, 0) is 25.7 Å². The maximum Gasteiger partial charge on any atom is 0.410 e. The quantitative estimate of drug-likeness (QED) is 0.103. The summed E-state index contributed by atoms with van der Waals surface area (Å²) in [5.74, 6) is -1.02. The molecule has 0 bridgehead atoms. The van der Waals surface area contributed by atoms with Crippen LogP contribution in [0.3, 0.4) is 0 Å². The third-order valence-electron chi connectivity index (χ3n) is 7.41. The van der Waals surface area contributed by atoms with Crippen molar-refractivity contribution < 1.29 is 19.4 Å². The second-order valence-corrected chi connectivity index (χ2v) is 11.1. The molecule has 1 atom stereocenters. The van der Waals surface area contributed by atoms with Crippen LogP contribution in [0.15, 0.2) is 0 Å². The monoisotopic (exact) mass is 525 g/mol. The smallest absolute Gasteiger partial charge is 0.410 e. The number of nitrogens with zero attached hydrogens (tertiary/aromatic N) is 1. The molecular weight excluding hydrogens is 462 g/mol. The van der Waals surface area contributed by atoms with Gasteiger partial charge in [-0.3, -0.25) is 0 Å². The number of carbonyl (C=O) groups is 2. The molecule has 0 aromatic rings. The molecule has 0 aromatic carbocycles. The Morgan fingerprint density at radius 2 is 0.865 bits per heavy atom. The minimum absolute atomic E-state index is 0.415. The normalized spacial score (nSPS) is 12.0. The number of carboxylic acid groups (broad SMARTS) is 1. The number of rotatable bonds is 28. The maximum absolute atomic E-state index is 13.0. The fourth-order valence-electron chi connectivity index (χ4n) is 4.88. The SMILES string of the molecule is CCCCCCCCCCN(CCCCCCCCCC)C(=O)OC(CCCCCCCCC)C(=O)O. The second kappa shape index (κ2) is 27.8. The number of unbranched alkanes of at least 4 members (excludes halogenated alkanes) is 20. The second-order valence-electron chi connectivity index (χ2n) is 11.1. The van der Waals surface area contributed by atoms with Crippen LogP contribution in [0.5, 0.6) is 0 Å². The molecule has 0 saturated heterocycles. The molecule has 0 aliphatic rings. The number of amides is 1. The van der Waals surface area contributed by atoms with E-state index in [0.717, 1.165) is 44.9 Å². The number of hydrogen-bond donors (Lipinski definition) is 1. The Morgan fingerprint density at radius 1 is 0.541 bits per heavy atom. The van der Waals surface area contributed by atoms with Crippen molar-refractivity contribution in [3.63, 3.8) is 0 Å². The van der Waals surface area contributed by atoms with E-state index in [0.29, 0.717) is 19.5 Å². The Morgan fingerprint density at radius 3 is 1.22 bits per heavy atom. The van der Waals surface area contributed by atoms with Crippen molar-refractivity contribution in [2.75, 3.05) is 13.1 Å². The minimum Gasteiger partial charge on any atom is -0.479 e. The van der Waals surface area contributed by atoms with Gasteiger partial charge in [-0.15, -0.1) is 0 Å². The van der Waals surface area contributed by atoms with Crippen molar-refractivity contribution in [1.82, 2.24) is 4.90 Å². The highest BCUT2D eigenvalue weighted by molar-refractivity contribution is 5.77. The van der Waals surface area contributed by atoms with Crippen molar-refractivity contribution in [3.8, 4) is 0 Å². The van der Waals surface area contributed by atoms with Crippen LogP contribution in [0.4, 0.5) is 4.79 Å². The summed E-state index contributed by atoms with van der Waals surface area (Å²) >= 11 is 0. The van der Waals surface area contributed by atoms with Crippen LogP contribution >= 0.6 is 0 Å². The standard InChI is InChI=1S/C32H63NO4/c1-4-7-10-13-16-19-22-25-28-33(29-26-23-20-17-14-11-8-5-2)32(36)37-30(31(34)35)27-24-21-18-15-12-9-6-3/h30H,4-29H2,1-3H3,(H,34,35). The number of hydrogen-bond acceptors (Lipinski definition) is 3. The lowest BCUT2D eigenvalue weighted by molar-refractivity contribution is -0.147. The van der Waals surface area contributed by atoms with Crippen LogP contribution in [0.25, 0.3) is 0 Å². The molecule has 37 heavy (non-hydrogen) atoms. The van der Waals surface area contributed by atoms with Gasteiger partial charge in [0.2, 0.25) is 6.10 Å². The van der Waals surface area contributed by atoms with E-state index >= 15 is 0 Å². The number of aliphatic carboxylic acids is 1. The predicted octanol–water partition coefficient (Wildman–Crippen LogP) is 10.3. The van der Waals surface area contributed by atoms with E-state index in [-0.39, 0.29) is 0 Å². The number of carbonyl (C=O) groups excluding carboxylic acids is 1. The van der Waals surface area contributed by atoms with Crippen molar-refractivity contribution in [1.29, 1.82) is 0 Å². The zero-order valence-corrected chi connectivity index (χ0v) is 25.1. The van der Waals surface area contributed by atoms with E-state index in [2.05, 4.69) is 20.8 Å². The van der Waals surface area contributed by atoms with Gasteiger partial charge < -0.3 is 14.7 Å². The summed E-state index contributed by atoms with van der Waals surface area (Å²) in [5.41, 5.74) is 0. The van der Waals surface area contributed by atoms with Gasteiger partial charge in [-0.25, -0.2) is 9.59 Å². The van der Waals surface area contributed by atoms with Gasteiger partial charge in [0.1, 0.15) is 0 Å². The van der Waals surface area contributed by atoms with Crippen LogP contribution < -0.4 is 0 Å². The van der Waals surface area contributed by atoms with Crippen LogP contribution in [0, 0.1) is 0 Å². The summed E-state index contributed by atoms with van der Waals surface area (Å²) in [4.78, 5) is 26.5. The van der Waals surface area contributed by atoms with Crippen LogP contribution in [0.2, 0.25) is 0 Å². The first kappa shape index (κ1) is 35.7. The molecule has 0 rings (SSSR count). The molecule has 0 aliphatic heterocycles. The highest BCUT2D eigenvalue weighted by Gasteiger charge is 2.25. The lowest BCUT2D eigenvalue weighted by Crippen LogP contribution is -2.38. The lowest BCUT2D eigenvalue weighted by atomic mass is 10.1. The van der Waals surface area contributed by atoms with Gasteiger partial charge >= 0.3 is 12.1 Å². The van der Waals surface area contributed by atoms with Crippen molar-refractivity contribution >= 4 is 12.1 Å². The molecule has 0 heterocycles. The molecule has 5 heteroatoms. The van der Waals surface area contributed by atoms with Crippen molar-refractivity contribution in [2.24, 2.45) is 0 Å². The van der Waals surface area contributed by atoms with Gasteiger partial charge in [0.15, 0.2) is 0 Å². The van der Waals surface area contributed by atoms with Gasteiger partial charge in [0.25, 0.3) is 0 Å². The lowest BCUT2D eigenvalue weighted by Gasteiger charge is -2.24. The molecule has 0 spiro atoms. The Bertz CT molecular complexity index is 491. The predicted molar refractivity (Wildman–Crippen MR) is 157 cm³/mol. The zero-order chi connectivity index (χ0) is 27.4. The summed E-state index contributed by atoms with van der Waals surface area (Å²) in [6.07, 6.45) is 26.4. The average molecular weight is 526 g/mol. The Hall–Kier alpha value is -1.26. The van der Waals surface area contributed by atoms with E-state index in [1.807, 2.05) is 0 Å². The summed E-state index contributed by atoms with van der Waals surface area (Å²) in [5, 5.41) is 9.65. The minimum atomic E-state index is -1.03. The molecule has 0 saturated carbocycles. The van der Waals surface area contributed by atoms with E-state index in [1.165, 1.54) is 103 Å². The first-order chi connectivity index (χ1) is 18.1. The van der Waals surface area contributed by atoms with Crippen LogP contribution in [-0.4, -0.2) is 41.3 Å². The Labute approximate surface area is 230 Å². The molecule has 0 radical (unpaired) electrons. The third-order valence-corrected chi connectivity index (χ3v) is 7.41. The molecule has 220 valence electrons. The largest absolute Gasteiger partial charge is 0.479 e. The summed E-state index contributed by atoms with van der Waals surface area (Å²) in [6.45, 7) is 8.04. The molecular formula is C32H63NO4. The van der Waals surface area contributed by atoms with Crippen molar-refractivity contribution in [2.45, 2.75) is 181 Å². The highest BCUT2D eigenvalue weighted by Crippen LogP contribution is 2.15. The first-order valence-electron chi connectivity index (χ1n) is 16.2. The Kier molecular flexibility index (Phi) is 26.8. The topological polar surface area (TPSA) is 66.8 Å². The molecule has 0 fully saturated rings. The van der Waals surface area contributed by atoms with Gasteiger partial charge in [-0.1, -0.05) is 149 Å². The molecule has 1 unspecified atom stereocenters. The molecule has 1 N–H and O–H groups in total. The average Bonchev–Trinajstić information content (AvgIpc) is 2.88. The zero-order valence-electron chi connectivity index (χ0n) is 25.1.